The molecule has 18 heavy (non-hydrogen) atoms. The largest absolute Gasteiger partial charge is 0.326 e. The lowest BCUT2D eigenvalue weighted by molar-refractivity contribution is -0.123. The predicted octanol–water partition coefficient (Wildman–Crippen LogP) is 3.78. The van der Waals surface area contributed by atoms with Crippen LogP contribution in [-0.2, 0) is 4.79 Å². The Bertz CT molecular complexity index is 440. The molecule has 0 aliphatic carbocycles. The van der Waals surface area contributed by atoms with Crippen molar-refractivity contribution in [2.45, 2.75) is 20.8 Å². The Hall–Kier alpha value is -0.650. The number of carbonyl (C=O) groups is 1. The van der Waals surface area contributed by atoms with Crippen LogP contribution >= 0.6 is 35.6 Å². The summed E-state index contributed by atoms with van der Waals surface area (Å²) >= 11 is 12.2. The number of thioether (sulfide) groups is 1. The second-order valence-corrected chi connectivity index (χ2v) is 6.82. The zero-order chi connectivity index (χ0) is 13.8. The van der Waals surface area contributed by atoms with Gasteiger partial charge in [-0.2, -0.15) is 0 Å². The van der Waals surface area contributed by atoms with E-state index in [4.69, 9.17) is 23.8 Å². The highest BCUT2D eigenvalue weighted by Crippen LogP contribution is 2.19. The first-order valence-electron chi connectivity index (χ1n) is 5.37. The van der Waals surface area contributed by atoms with Crippen molar-refractivity contribution in [1.29, 1.82) is 0 Å². The van der Waals surface area contributed by atoms with Gasteiger partial charge in [-0.1, -0.05) is 56.4 Å². The quantitative estimate of drug-likeness (QED) is 0.861. The predicted molar refractivity (Wildman–Crippen MR) is 82.4 cm³/mol. The molecule has 0 bridgehead atoms. The van der Waals surface area contributed by atoms with Gasteiger partial charge in [0.05, 0.1) is 10.8 Å². The number of nitrogens with one attached hydrogen (secondary N) is 1. The van der Waals surface area contributed by atoms with Gasteiger partial charge in [0, 0.05) is 11.6 Å². The Labute approximate surface area is 122 Å². The van der Waals surface area contributed by atoms with E-state index in [0.717, 1.165) is 0 Å². The fourth-order valence-electron chi connectivity index (χ4n) is 0.938. The molecule has 6 heteroatoms. The number of rotatable bonds is 3. The standard InChI is InChI=1S/C12H15ClN2OS2/c1-12(2,3)9(16)7-18-11(17)15-10-5-4-8(13)6-14-10/h4-6H,7H2,1-3H3,(H,14,15,17). The summed E-state index contributed by atoms with van der Waals surface area (Å²) in [7, 11) is 0. The molecular formula is C12H15ClN2OS2. The van der Waals surface area contributed by atoms with Gasteiger partial charge in [0.15, 0.2) is 0 Å². The minimum atomic E-state index is -0.332. The molecule has 0 aromatic carbocycles. The smallest absolute Gasteiger partial charge is 0.148 e. The van der Waals surface area contributed by atoms with E-state index in [2.05, 4.69) is 10.3 Å². The summed E-state index contributed by atoms with van der Waals surface area (Å²) in [6, 6.07) is 3.46. The minimum absolute atomic E-state index is 0.167. The lowest BCUT2D eigenvalue weighted by atomic mass is 9.92. The van der Waals surface area contributed by atoms with Crippen molar-refractivity contribution in [3.8, 4) is 0 Å². The van der Waals surface area contributed by atoms with E-state index < -0.39 is 0 Å². The van der Waals surface area contributed by atoms with Crippen molar-refractivity contribution in [2.75, 3.05) is 11.1 Å². The number of aromatic nitrogens is 1. The number of Topliss-reactive ketones (excluding diaryl/α,β-unsaturated/α-hetero) is 1. The van der Waals surface area contributed by atoms with Crippen LogP contribution in [0.4, 0.5) is 5.82 Å². The van der Waals surface area contributed by atoms with Gasteiger partial charge in [-0.25, -0.2) is 4.98 Å². The number of ketones is 1. The molecule has 0 spiro atoms. The summed E-state index contributed by atoms with van der Waals surface area (Å²) in [6.07, 6.45) is 1.54. The van der Waals surface area contributed by atoms with Gasteiger partial charge in [-0.05, 0) is 12.1 Å². The maximum Gasteiger partial charge on any atom is 0.148 e. The van der Waals surface area contributed by atoms with E-state index in [0.29, 0.717) is 20.9 Å². The van der Waals surface area contributed by atoms with Gasteiger partial charge in [0.1, 0.15) is 15.9 Å². The van der Waals surface area contributed by atoms with Crippen LogP contribution in [0.1, 0.15) is 20.8 Å². The molecule has 0 aliphatic heterocycles. The number of thiocarbonyl (C=S) groups is 1. The highest BCUT2D eigenvalue weighted by Gasteiger charge is 2.21. The number of hydrogen-bond donors (Lipinski definition) is 1. The summed E-state index contributed by atoms with van der Waals surface area (Å²) in [5, 5.41) is 3.52. The number of hydrogen-bond acceptors (Lipinski definition) is 4. The maximum absolute atomic E-state index is 11.7. The molecule has 1 N–H and O–H groups in total. The molecule has 0 atom stereocenters. The van der Waals surface area contributed by atoms with E-state index >= 15 is 0 Å². The van der Waals surface area contributed by atoms with Crippen LogP contribution in [0, 0.1) is 5.41 Å². The Morgan fingerprint density at radius 1 is 1.50 bits per heavy atom. The molecular weight excluding hydrogens is 288 g/mol. The monoisotopic (exact) mass is 302 g/mol. The SMILES string of the molecule is CC(C)(C)C(=O)CSC(=S)Nc1ccc(Cl)cn1. The number of nitrogens with zero attached hydrogens (tertiary/aromatic N) is 1. The van der Waals surface area contributed by atoms with Crippen LogP contribution in [0.15, 0.2) is 18.3 Å². The van der Waals surface area contributed by atoms with Gasteiger partial charge in [0.25, 0.3) is 0 Å². The number of halogens is 1. The molecule has 1 aromatic rings. The van der Waals surface area contributed by atoms with Crippen LogP contribution in [-0.4, -0.2) is 20.8 Å². The number of anilines is 1. The molecule has 0 amide bonds. The molecule has 1 heterocycles. The summed E-state index contributed by atoms with van der Waals surface area (Å²) in [5.74, 6) is 1.16. The van der Waals surface area contributed by atoms with E-state index in [9.17, 15) is 4.79 Å². The lowest BCUT2D eigenvalue weighted by Crippen LogP contribution is -2.23. The van der Waals surface area contributed by atoms with Crippen molar-refractivity contribution >= 4 is 51.5 Å². The molecule has 0 fully saturated rings. The molecule has 0 radical (unpaired) electrons. The second-order valence-electron chi connectivity index (χ2n) is 4.74. The molecule has 1 aromatic heterocycles. The summed E-state index contributed by atoms with van der Waals surface area (Å²) < 4.78 is 0.530. The van der Waals surface area contributed by atoms with E-state index in [1.54, 1.807) is 12.1 Å². The zero-order valence-corrected chi connectivity index (χ0v) is 12.9. The van der Waals surface area contributed by atoms with Gasteiger partial charge in [-0.15, -0.1) is 0 Å². The lowest BCUT2D eigenvalue weighted by Gasteiger charge is -2.16. The van der Waals surface area contributed by atoms with Crippen molar-refractivity contribution in [3.63, 3.8) is 0 Å². The van der Waals surface area contributed by atoms with E-state index in [1.165, 1.54) is 18.0 Å². The van der Waals surface area contributed by atoms with Crippen LogP contribution in [0.2, 0.25) is 5.02 Å². The number of carbonyl (C=O) groups excluding carboxylic acids is 1. The van der Waals surface area contributed by atoms with Gasteiger partial charge in [-0.3, -0.25) is 4.79 Å². The van der Waals surface area contributed by atoms with Gasteiger partial charge < -0.3 is 5.32 Å². The van der Waals surface area contributed by atoms with Crippen LogP contribution in [0.25, 0.3) is 0 Å². The molecule has 1 rings (SSSR count). The normalized spacial score (nSPS) is 11.1. The highest BCUT2D eigenvalue weighted by atomic mass is 35.5. The summed E-state index contributed by atoms with van der Waals surface area (Å²) in [6.45, 7) is 5.69. The molecule has 0 aliphatic rings. The van der Waals surface area contributed by atoms with Gasteiger partial charge >= 0.3 is 0 Å². The second kappa shape index (κ2) is 6.50. The minimum Gasteiger partial charge on any atom is -0.326 e. The third kappa shape index (κ3) is 5.33. The first-order chi connectivity index (χ1) is 8.29. The molecule has 0 saturated heterocycles. The Kier molecular flexibility index (Phi) is 5.56. The van der Waals surface area contributed by atoms with Crippen molar-refractivity contribution in [3.05, 3.63) is 23.4 Å². The Morgan fingerprint density at radius 3 is 2.67 bits per heavy atom. The van der Waals surface area contributed by atoms with Gasteiger partial charge in [0.2, 0.25) is 0 Å². The highest BCUT2D eigenvalue weighted by molar-refractivity contribution is 8.23. The molecule has 0 saturated carbocycles. The summed E-state index contributed by atoms with van der Waals surface area (Å²) in [5.41, 5.74) is -0.332. The molecule has 0 unspecified atom stereocenters. The van der Waals surface area contributed by atoms with Crippen molar-refractivity contribution in [1.82, 2.24) is 4.98 Å². The van der Waals surface area contributed by atoms with Crippen LogP contribution < -0.4 is 5.32 Å². The maximum atomic E-state index is 11.7. The van der Waals surface area contributed by atoms with Crippen LogP contribution in [0.3, 0.4) is 0 Å². The fraction of sp³-hybridized carbons (Fsp3) is 0.417. The first-order valence-corrected chi connectivity index (χ1v) is 7.15. The average molecular weight is 303 g/mol. The zero-order valence-electron chi connectivity index (χ0n) is 10.5. The third-order valence-corrected chi connectivity index (χ3v) is 3.58. The van der Waals surface area contributed by atoms with Crippen molar-refractivity contribution in [2.24, 2.45) is 5.41 Å². The Morgan fingerprint density at radius 2 is 2.17 bits per heavy atom. The average Bonchev–Trinajstić information content (AvgIpc) is 2.28. The van der Waals surface area contributed by atoms with E-state index in [1.807, 2.05) is 20.8 Å². The van der Waals surface area contributed by atoms with Crippen LogP contribution in [0.5, 0.6) is 0 Å². The molecule has 3 nitrogen and oxygen atoms in total. The third-order valence-electron chi connectivity index (χ3n) is 2.13. The Balaban J connectivity index is 2.43. The van der Waals surface area contributed by atoms with E-state index in [-0.39, 0.29) is 11.2 Å². The van der Waals surface area contributed by atoms with Crippen molar-refractivity contribution < 1.29 is 4.79 Å². The molecule has 98 valence electrons. The summed E-state index contributed by atoms with van der Waals surface area (Å²) in [4.78, 5) is 15.8. The number of pyridine rings is 1. The topological polar surface area (TPSA) is 42.0 Å². The first kappa shape index (κ1) is 15.4. The fourth-order valence-corrected chi connectivity index (χ4v) is 2.20.